The lowest BCUT2D eigenvalue weighted by Crippen LogP contribution is -2.10. The number of benzene rings is 2. The van der Waals surface area contributed by atoms with Crippen molar-refractivity contribution >= 4 is 29.0 Å². The van der Waals surface area contributed by atoms with E-state index in [2.05, 4.69) is 4.98 Å². The fourth-order valence-electron chi connectivity index (χ4n) is 3.00. The van der Waals surface area contributed by atoms with Gasteiger partial charge in [-0.1, -0.05) is 35.3 Å². The second kappa shape index (κ2) is 10.4. The third-order valence-corrected chi connectivity index (χ3v) is 5.28. The van der Waals surface area contributed by atoms with E-state index >= 15 is 0 Å². The van der Waals surface area contributed by atoms with E-state index in [1.54, 1.807) is 19.2 Å². The molecule has 1 aromatic heterocycles. The number of nitrogens with zero attached hydrogens (tertiary/aromatic N) is 1. The topological polar surface area (TPSA) is 66.9 Å². The molecule has 0 aliphatic rings. The Labute approximate surface area is 190 Å². The average molecular weight is 462 g/mol. The smallest absolute Gasteiger partial charge is 0.204 e. The first kappa shape index (κ1) is 22.7. The SMILES string of the molecule is COc1ccc(COc2c(C(=O)Cc3c(Cl)cncc3Cl)ccc(OC)c2OC)cc1. The fourth-order valence-corrected chi connectivity index (χ4v) is 3.50. The van der Waals surface area contributed by atoms with Crippen LogP contribution in [0.25, 0.3) is 0 Å². The molecule has 2 aromatic carbocycles. The summed E-state index contributed by atoms with van der Waals surface area (Å²) in [5.41, 5.74) is 1.72. The largest absolute Gasteiger partial charge is 0.497 e. The van der Waals surface area contributed by atoms with E-state index in [1.165, 1.54) is 26.6 Å². The highest BCUT2D eigenvalue weighted by Crippen LogP contribution is 2.41. The Balaban J connectivity index is 1.94. The summed E-state index contributed by atoms with van der Waals surface area (Å²) in [5, 5.41) is 0.643. The predicted octanol–water partition coefficient (Wildman–Crippen LogP) is 5.42. The number of hydrogen-bond donors (Lipinski definition) is 0. The van der Waals surface area contributed by atoms with Crippen LogP contribution in [0.2, 0.25) is 10.0 Å². The van der Waals surface area contributed by atoms with Gasteiger partial charge in [0.2, 0.25) is 5.75 Å². The molecule has 3 aromatic rings. The molecule has 0 amide bonds. The molecule has 1 heterocycles. The van der Waals surface area contributed by atoms with Gasteiger partial charge in [-0.05, 0) is 29.8 Å². The maximum Gasteiger partial charge on any atom is 0.204 e. The number of methoxy groups -OCH3 is 3. The van der Waals surface area contributed by atoms with Crippen molar-refractivity contribution in [1.82, 2.24) is 4.98 Å². The monoisotopic (exact) mass is 461 g/mol. The Morgan fingerprint density at radius 1 is 0.871 bits per heavy atom. The average Bonchev–Trinajstić information content (AvgIpc) is 2.79. The normalized spacial score (nSPS) is 10.5. The molecule has 0 aliphatic heterocycles. The van der Waals surface area contributed by atoms with Gasteiger partial charge in [0.05, 0.1) is 36.9 Å². The van der Waals surface area contributed by atoms with Gasteiger partial charge in [0, 0.05) is 24.4 Å². The number of ether oxygens (including phenoxy) is 4. The van der Waals surface area contributed by atoms with Crippen LogP contribution in [0.1, 0.15) is 21.5 Å². The lowest BCUT2D eigenvalue weighted by atomic mass is 10.0. The van der Waals surface area contributed by atoms with Crippen LogP contribution in [0.15, 0.2) is 48.8 Å². The minimum atomic E-state index is -0.235. The zero-order valence-electron chi connectivity index (χ0n) is 17.3. The van der Waals surface area contributed by atoms with E-state index < -0.39 is 0 Å². The van der Waals surface area contributed by atoms with E-state index in [-0.39, 0.29) is 24.6 Å². The van der Waals surface area contributed by atoms with Gasteiger partial charge in [0.25, 0.3) is 0 Å². The molecule has 0 N–H and O–H groups in total. The Morgan fingerprint density at radius 2 is 1.55 bits per heavy atom. The first-order chi connectivity index (χ1) is 15.0. The summed E-state index contributed by atoms with van der Waals surface area (Å²) in [4.78, 5) is 17.1. The Morgan fingerprint density at radius 3 is 2.13 bits per heavy atom. The summed E-state index contributed by atoms with van der Waals surface area (Å²) in [6.45, 7) is 0.213. The maximum absolute atomic E-state index is 13.2. The number of halogens is 2. The maximum atomic E-state index is 13.2. The summed E-state index contributed by atoms with van der Waals surface area (Å²) >= 11 is 12.4. The number of pyridine rings is 1. The van der Waals surface area contributed by atoms with Crippen LogP contribution in [0, 0.1) is 0 Å². The first-order valence-electron chi connectivity index (χ1n) is 9.30. The van der Waals surface area contributed by atoms with Crippen LogP contribution in [0.5, 0.6) is 23.0 Å². The fraction of sp³-hybridized carbons (Fsp3) is 0.217. The second-order valence-corrected chi connectivity index (χ2v) is 7.31. The molecule has 0 aliphatic carbocycles. The number of ketones is 1. The van der Waals surface area contributed by atoms with Crippen LogP contribution in [-0.4, -0.2) is 32.1 Å². The van der Waals surface area contributed by atoms with Crippen molar-refractivity contribution in [2.24, 2.45) is 0 Å². The molecule has 0 radical (unpaired) electrons. The molecule has 0 spiro atoms. The van der Waals surface area contributed by atoms with Gasteiger partial charge in [-0.2, -0.15) is 0 Å². The molecule has 0 atom stereocenters. The van der Waals surface area contributed by atoms with Crippen LogP contribution in [-0.2, 0) is 13.0 Å². The molecule has 0 bridgehead atoms. The van der Waals surface area contributed by atoms with Crippen molar-refractivity contribution in [3.63, 3.8) is 0 Å². The number of Topliss-reactive ketones (excluding diaryl/α,β-unsaturated/α-hetero) is 1. The van der Waals surface area contributed by atoms with Gasteiger partial charge in [-0.3, -0.25) is 9.78 Å². The Bertz CT molecular complexity index is 1050. The molecule has 31 heavy (non-hydrogen) atoms. The zero-order valence-corrected chi connectivity index (χ0v) is 18.8. The Hall–Kier alpha value is -2.96. The van der Waals surface area contributed by atoms with E-state index in [4.69, 9.17) is 42.1 Å². The molecule has 0 fully saturated rings. The van der Waals surface area contributed by atoms with Crippen molar-refractivity contribution in [3.8, 4) is 23.0 Å². The van der Waals surface area contributed by atoms with Gasteiger partial charge >= 0.3 is 0 Å². The van der Waals surface area contributed by atoms with E-state index in [0.717, 1.165) is 11.3 Å². The highest BCUT2D eigenvalue weighted by atomic mass is 35.5. The zero-order chi connectivity index (χ0) is 22.4. The van der Waals surface area contributed by atoms with Crippen molar-refractivity contribution in [2.75, 3.05) is 21.3 Å². The van der Waals surface area contributed by atoms with Crippen LogP contribution >= 0.6 is 23.2 Å². The number of carbonyl (C=O) groups excluding carboxylic acids is 1. The molecular formula is C23H21Cl2NO5. The molecule has 6 nitrogen and oxygen atoms in total. The van der Waals surface area contributed by atoms with E-state index in [0.29, 0.717) is 32.7 Å². The van der Waals surface area contributed by atoms with Gasteiger partial charge < -0.3 is 18.9 Å². The van der Waals surface area contributed by atoms with Crippen molar-refractivity contribution in [2.45, 2.75) is 13.0 Å². The second-order valence-electron chi connectivity index (χ2n) is 6.50. The standard InChI is InChI=1S/C23H21Cl2NO5/c1-28-15-6-4-14(5-7-15)13-31-22-16(8-9-21(29-2)23(22)30-3)20(27)10-17-18(24)11-26-12-19(17)25/h4-9,11-12H,10,13H2,1-3H3. The quantitative estimate of drug-likeness (QED) is 0.396. The van der Waals surface area contributed by atoms with Crippen molar-refractivity contribution in [1.29, 1.82) is 0 Å². The molecule has 8 heteroatoms. The minimum Gasteiger partial charge on any atom is -0.497 e. The van der Waals surface area contributed by atoms with Crippen molar-refractivity contribution in [3.05, 3.63) is 75.5 Å². The molecular weight excluding hydrogens is 441 g/mol. The summed E-state index contributed by atoms with van der Waals surface area (Å²) in [6.07, 6.45) is 2.88. The summed E-state index contributed by atoms with van der Waals surface area (Å²) in [7, 11) is 4.61. The molecule has 0 saturated heterocycles. The number of rotatable bonds is 9. The van der Waals surface area contributed by atoms with Crippen LogP contribution in [0.4, 0.5) is 0 Å². The molecule has 0 unspecified atom stereocenters. The molecule has 3 rings (SSSR count). The van der Waals surface area contributed by atoms with Gasteiger partial charge in [-0.25, -0.2) is 0 Å². The van der Waals surface area contributed by atoms with Crippen molar-refractivity contribution < 1.29 is 23.7 Å². The van der Waals surface area contributed by atoms with Gasteiger partial charge in [-0.15, -0.1) is 0 Å². The first-order valence-corrected chi connectivity index (χ1v) is 10.1. The number of carbonyl (C=O) groups is 1. The molecule has 0 saturated carbocycles. The third-order valence-electron chi connectivity index (χ3n) is 4.63. The lowest BCUT2D eigenvalue weighted by Gasteiger charge is -2.17. The third kappa shape index (κ3) is 5.21. The number of aromatic nitrogens is 1. The molecule has 162 valence electrons. The minimum absolute atomic E-state index is 0.0193. The van der Waals surface area contributed by atoms with Gasteiger partial charge in [0.1, 0.15) is 12.4 Å². The summed E-state index contributed by atoms with van der Waals surface area (Å²) in [6, 6.07) is 10.7. The summed E-state index contributed by atoms with van der Waals surface area (Å²) < 4.78 is 22.1. The van der Waals surface area contributed by atoms with Crippen LogP contribution < -0.4 is 18.9 Å². The van der Waals surface area contributed by atoms with E-state index in [9.17, 15) is 4.79 Å². The number of hydrogen-bond acceptors (Lipinski definition) is 6. The highest BCUT2D eigenvalue weighted by Gasteiger charge is 2.23. The summed E-state index contributed by atoms with van der Waals surface area (Å²) in [5.74, 6) is 1.56. The van der Waals surface area contributed by atoms with E-state index in [1.807, 2.05) is 24.3 Å². The highest BCUT2D eigenvalue weighted by molar-refractivity contribution is 6.36. The lowest BCUT2D eigenvalue weighted by molar-refractivity contribution is 0.0987. The van der Waals surface area contributed by atoms with Gasteiger partial charge in [0.15, 0.2) is 17.3 Å². The van der Waals surface area contributed by atoms with Crippen LogP contribution in [0.3, 0.4) is 0 Å². The predicted molar refractivity (Wildman–Crippen MR) is 119 cm³/mol. The Kier molecular flexibility index (Phi) is 7.60.